The molecule has 0 atom stereocenters. The highest BCUT2D eigenvalue weighted by molar-refractivity contribution is 5.90. The summed E-state index contributed by atoms with van der Waals surface area (Å²) in [5.41, 5.74) is 2.74. The van der Waals surface area contributed by atoms with Gasteiger partial charge in [0.15, 0.2) is 0 Å². The molecule has 4 rings (SSSR count). The van der Waals surface area contributed by atoms with Crippen LogP contribution in [0.4, 0.5) is 13.2 Å². The van der Waals surface area contributed by atoms with Crippen molar-refractivity contribution < 1.29 is 27.8 Å². The first-order valence-corrected chi connectivity index (χ1v) is 8.91. The van der Waals surface area contributed by atoms with Gasteiger partial charge in [0, 0.05) is 30.9 Å². The number of nitrogens with zero attached hydrogens (tertiary/aromatic N) is 3. The highest BCUT2D eigenvalue weighted by Gasteiger charge is 2.34. The second-order valence-electron chi connectivity index (χ2n) is 6.99. The third-order valence-electron chi connectivity index (χ3n) is 5.06. The minimum Gasteiger partial charge on any atom is -0.496 e. The molecule has 1 aliphatic rings. The summed E-state index contributed by atoms with van der Waals surface area (Å²) >= 11 is 0. The van der Waals surface area contributed by atoms with E-state index in [0.29, 0.717) is 34.7 Å². The summed E-state index contributed by atoms with van der Waals surface area (Å²) in [7, 11) is 3.29. The van der Waals surface area contributed by atoms with Crippen molar-refractivity contribution in [3.63, 3.8) is 0 Å². The molecule has 152 valence electrons. The number of carbonyl (C=O) groups is 1. The van der Waals surface area contributed by atoms with E-state index in [9.17, 15) is 23.1 Å². The highest BCUT2D eigenvalue weighted by Crippen LogP contribution is 2.42. The van der Waals surface area contributed by atoms with Crippen molar-refractivity contribution in [1.82, 2.24) is 14.3 Å². The van der Waals surface area contributed by atoms with Crippen LogP contribution in [0.25, 0.3) is 22.5 Å². The van der Waals surface area contributed by atoms with Crippen molar-refractivity contribution in [1.29, 1.82) is 0 Å². The minimum absolute atomic E-state index is 0.0482. The van der Waals surface area contributed by atoms with Gasteiger partial charge in [-0.2, -0.15) is 18.3 Å². The molecule has 0 fully saturated rings. The van der Waals surface area contributed by atoms with Crippen LogP contribution in [0.15, 0.2) is 30.5 Å². The first-order valence-electron chi connectivity index (χ1n) is 8.91. The molecule has 0 saturated heterocycles. The van der Waals surface area contributed by atoms with E-state index in [1.165, 1.54) is 11.7 Å². The number of carboxylic acids is 1. The van der Waals surface area contributed by atoms with Crippen LogP contribution in [0, 0.1) is 0 Å². The lowest BCUT2D eigenvalue weighted by Gasteiger charge is -2.24. The Hall–Kier alpha value is -3.23. The molecular formula is C20H18F3N3O3. The molecule has 6 nitrogen and oxygen atoms in total. The summed E-state index contributed by atoms with van der Waals surface area (Å²) < 4.78 is 48.1. The molecule has 0 amide bonds. The standard InChI is InChI=1S/C20H18F3N3O3/c1-25-5-4-15(24-25)14-9-13-11(8-17(14)29-2)3-6-26-16(19(27)28)7-12(18(13)26)10-20(21,22)23/h4-5,7-9H,3,6,10H2,1-2H3,(H,27,28). The van der Waals surface area contributed by atoms with Gasteiger partial charge in [0.05, 0.1) is 24.9 Å². The monoisotopic (exact) mass is 405 g/mol. The molecule has 1 N–H and O–H groups in total. The molecule has 29 heavy (non-hydrogen) atoms. The van der Waals surface area contributed by atoms with Crippen LogP contribution in [-0.4, -0.2) is 38.7 Å². The Morgan fingerprint density at radius 1 is 1.28 bits per heavy atom. The van der Waals surface area contributed by atoms with E-state index >= 15 is 0 Å². The van der Waals surface area contributed by atoms with Crippen molar-refractivity contribution in [3.05, 3.63) is 47.3 Å². The zero-order valence-corrected chi connectivity index (χ0v) is 15.7. The number of benzene rings is 1. The lowest BCUT2D eigenvalue weighted by molar-refractivity contribution is -0.127. The number of aromatic carboxylic acids is 1. The number of halogens is 3. The van der Waals surface area contributed by atoms with E-state index in [1.54, 1.807) is 36.1 Å². The van der Waals surface area contributed by atoms with E-state index < -0.39 is 18.6 Å². The molecule has 0 radical (unpaired) electrons. The predicted octanol–water partition coefficient (Wildman–Crippen LogP) is 3.92. The van der Waals surface area contributed by atoms with Crippen LogP contribution in [0.3, 0.4) is 0 Å². The molecule has 9 heteroatoms. The van der Waals surface area contributed by atoms with Gasteiger partial charge in [-0.15, -0.1) is 0 Å². The summed E-state index contributed by atoms with van der Waals surface area (Å²) in [5.74, 6) is -0.681. The van der Waals surface area contributed by atoms with E-state index in [0.717, 1.165) is 11.6 Å². The molecule has 1 aliphatic heterocycles. The zero-order chi connectivity index (χ0) is 20.9. The van der Waals surface area contributed by atoms with E-state index in [2.05, 4.69) is 5.10 Å². The Morgan fingerprint density at radius 3 is 2.62 bits per heavy atom. The van der Waals surface area contributed by atoms with E-state index in [4.69, 9.17) is 4.74 Å². The Morgan fingerprint density at radius 2 is 2.03 bits per heavy atom. The van der Waals surface area contributed by atoms with Gasteiger partial charge in [-0.05, 0) is 41.8 Å². The first-order chi connectivity index (χ1) is 13.7. The number of alkyl halides is 3. The lowest BCUT2D eigenvalue weighted by atomic mass is 9.92. The maximum atomic E-state index is 13.2. The van der Waals surface area contributed by atoms with Crippen molar-refractivity contribution in [3.8, 4) is 28.3 Å². The van der Waals surface area contributed by atoms with E-state index in [1.807, 2.05) is 0 Å². The maximum absolute atomic E-state index is 13.2. The van der Waals surface area contributed by atoms with Gasteiger partial charge in [0.2, 0.25) is 0 Å². The van der Waals surface area contributed by atoms with Gasteiger partial charge in [0.25, 0.3) is 0 Å². The number of aryl methyl sites for hydroxylation is 2. The molecule has 0 unspecified atom stereocenters. The first kappa shape index (κ1) is 19.1. The third-order valence-corrected chi connectivity index (χ3v) is 5.06. The molecule has 3 aromatic rings. The fourth-order valence-corrected chi connectivity index (χ4v) is 3.89. The van der Waals surface area contributed by atoms with Gasteiger partial charge >= 0.3 is 12.1 Å². The molecule has 2 aromatic heterocycles. The zero-order valence-electron chi connectivity index (χ0n) is 15.7. The average Bonchev–Trinajstić information content (AvgIpc) is 3.23. The summed E-state index contributed by atoms with van der Waals surface area (Å²) in [6.45, 7) is 0.286. The van der Waals surface area contributed by atoms with Gasteiger partial charge in [-0.25, -0.2) is 4.79 Å². The molecule has 0 aliphatic carbocycles. The Kier molecular flexibility index (Phi) is 4.40. The molecule has 1 aromatic carbocycles. The molecular weight excluding hydrogens is 387 g/mol. The molecule has 3 heterocycles. The normalized spacial score (nSPS) is 13.1. The predicted molar refractivity (Wildman–Crippen MR) is 99.0 cm³/mol. The number of aromatic nitrogens is 3. The van der Waals surface area contributed by atoms with Gasteiger partial charge in [0.1, 0.15) is 11.4 Å². The average molecular weight is 405 g/mol. The van der Waals surface area contributed by atoms with Gasteiger partial charge < -0.3 is 14.4 Å². The number of ether oxygens (including phenoxy) is 1. The lowest BCUT2D eigenvalue weighted by Crippen LogP contribution is -2.17. The fraction of sp³-hybridized carbons (Fsp3) is 0.300. The van der Waals surface area contributed by atoms with Crippen molar-refractivity contribution in [2.45, 2.75) is 25.6 Å². The number of fused-ring (bicyclic) bond motifs is 3. The number of hydrogen-bond donors (Lipinski definition) is 1. The van der Waals surface area contributed by atoms with Crippen molar-refractivity contribution in [2.75, 3.05) is 7.11 Å². The summed E-state index contributed by atoms with van der Waals surface area (Å²) in [6, 6.07) is 6.46. The number of rotatable bonds is 4. The van der Waals surface area contributed by atoms with Gasteiger partial charge in [-0.1, -0.05) is 0 Å². The SMILES string of the molecule is COc1cc2c(cc1-c1ccn(C)n1)-c1c(CC(F)(F)F)cc(C(=O)O)n1CC2. The van der Waals surface area contributed by atoms with Crippen molar-refractivity contribution >= 4 is 5.97 Å². The number of hydrogen-bond acceptors (Lipinski definition) is 3. The minimum atomic E-state index is -4.45. The Bertz CT molecular complexity index is 1110. The van der Waals surface area contributed by atoms with Crippen LogP contribution in [-0.2, 0) is 26.4 Å². The topological polar surface area (TPSA) is 69.3 Å². The molecule has 0 saturated carbocycles. The molecule has 0 spiro atoms. The van der Waals surface area contributed by atoms with Crippen LogP contribution in [0.2, 0.25) is 0 Å². The van der Waals surface area contributed by atoms with Gasteiger partial charge in [-0.3, -0.25) is 4.68 Å². The maximum Gasteiger partial charge on any atom is 0.393 e. The van der Waals surface area contributed by atoms with Crippen LogP contribution in [0.5, 0.6) is 5.75 Å². The highest BCUT2D eigenvalue weighted by atomic mass is 19.4. The second kappa shape index (κ2) is 6.68. The summed E-state index contributed by atoms with van der Waals surface area (Å²) in [6.07, 6.45) is -3.40. The second-order valence-corrected chi connectivity index (χ2v) is 6.99. The number of carboxylic acid groups (broad SMARTS) is 1. The quantitative estimate of drug-likeness (QED) is 0.714. The summed E-state index contributed by atoms with van der Waals surface area (Å²) in [4.78, 5) is 11.6. The fourth-order valence-electron chi connectivity index (χ4n) is 3.89. The van der Waals surface area contributed by atoms with Crippen LogP contribution >= 0.6 is 0 Å². The molecule has 0 bridgehead atoms. The van der Waals surface area contributed by atoms with Crippen LogP contribution in [0.1, 0.15) is 21.6 Å². The number of methoxy groups -OCH3 is 1. The van der Waals surface area contributed by atoms with E-state index in [-0.39, 0.29) is 17.8 Å². The summed E-state index contributed by atoms with van der Waals surface area (Å²) in [5, 5.41) is 13.8. The largest absolute Gasteiger partial charge is 0.496 e. The Balaban J connectivity index is 1.96. The van der Waals surface area contributed by atoms with Crippen molar-refractivity contribution in [2.24, 2.45) is 7.05 Å². The third kappa shape index (κ3) is 3.37. The Labute approximate surface area is 164 Å². The smallest absolute Gasteiger partial charge is 0.393 e. The van der Waals surface area contributed by atoms with Crippen LogP contribution < -0.4 is 4.74 Å².